The minimum Gasteiger partial charge on any atom is -0.449 e. The number of aromatic nitrogens is 3. The molecule has 0 unspecified atom stereocenters. The second-order valence-corrected chi connectivity index (χ2v) is 11.0. The molecule has 3 aromatic rings. The molecule has 0 aliphatic carbocycles. The van der Waals surface area contributed by atoms with Crippen molar-refractivity contribution in [3.8, 4) is 6.07 Å². The Morgan fingerprint density at radius 2 is 1.72 bits per heavy atom. The molecule has 2 aliphatic rings. The number of fused-ring (bicyclic) bond motifs is 1. The first-order valence-electron chi connectivity index (χ1n) is 14.9. The zero-order chi connectivity index (χ0) is 33.9. The maximum Gasteiger partial charge on any atom is 0.416 e. The van der Waals surface area contributed by atoms with Crippen LogP contribution in [0.2, 0.25) is 0 Å². The van der Waals surface area contributed by atoms with Gasteiger partial charge >= 0.3 is 18.4 Å². The van der Waals surface area contributed by atoms with Gasteiger partial charge in [0.05, 0.1) is 65.9 Å². The van der Waals surface area contributed by atoms with Crippen molar-refractivity contribution in [2.24, 2.45) is 0 Å². The van der Waals surface area contributed by atoms with Crippen molar-refractivity contribution >= 4 is 23.4 Å². The van der Waals surface area contributed by atoms with E-state index in [0.717, 1.165) is 0 Å². The molecule has 10 nitrogen and oxygen atoms in total. The molecule has 2 aliphatic heterocycles. The molecule has 0 saturated carbocycles. The number of rotatable bonds is 7. The summed E-state index contributed by atoms with van der Waals surface area (Å²) in [4.78, 5) is 29.8. The number of carbonyl (C=O) groups excluding carboxylic acids is 1. The number of benzene rings is 1. The van der Waals surface area contributed by atoms with E-state index < -0.39 is 35.6 Å². The molecule has 2 atom stereocenters. The van der Waals surface area contributed by atoms with Gasteiger partial charge in [0.15, 0.2) is 0 Å². The first kappa shape index (κ1) is 33.7. The summed E-state index contributed by atoms with van der Waals surface area (Å²) in [6, 6.07) is 5.59. The number of hydrogen-bond acceptors (Lipinski definition) is 9. The van der Waals surface area contributed by atoms with Gasteiger partial charge in [-0.15, -0.1) is 0 Å². The first-order valence-corrected chi connectivity index (χ1v) is 14.9. The number of ether oxygens (including phenoxy) is 2. The SMILES string of the molecule is CCOC(=O)N1c2ccc(C#N)nc2[C@@H](Nc2ncc(N3CCOCC3)c(Cc3cc(C(F)(F)F)cc(C(F)(F)F)c3)n2)C[C@H]1CC. The van der Waals surface area contributed by atoms with Crippen molar-refractivity contribution < 1.29 is 40.6 Å². The number of amides is 1. The summed E-state index contributed by atoms with van der Waals surface area (Å²) in [5, 5.41) is 12.7. The predicted octanol–water partition coefficient (Wildman–Crippen LogP) is 6.51. The fourth-order valence-corrected chi connectivity index (χ4v) is 5.74. The summed E-state index contributed by atoms with van der Waals surface area (Å²) in [5.74, 6) is 0.0413. The van der Waals surface area contributed by atoms with Crippen LogP contribution in [0.3, 0.4) is 0 Å². The van der Waals surface area contributed by atoms with Crippen LogP contribution >= 0.6 is 0 Å². The van der Waals surface area contributed by atoms with Crippen LogP contribution in [0.4, 0.5) is 48.5 Å². The van der Waals surface area contributed by atoms with E-state index in [1.165, 1.54) is 17.2 Å². The van der Waals surface area contributed by atoms with Crippen LogP contribution in [0, 0.1) is 11.3 Å². The van der Waals surface area contributed by atoms with Crippen molar-refractivity contribution in [2.45, 2.75) is 57.5 Å². The van der Waals surface area contributed by atoms with E-state index in [2.05, 4.69) is 20.3 Å². The van der Waals surface area contributed by atoms with Crippen LogP contribution in [0.5, 0.6) is 0 Å². The molecule has 4 heterocycles. The molecule has 5 rings (SSSR count). The topological polar surface area (TPSA) is 116 Å². The summed E-state index contributed by atoms with van der Waals surface area (Å²) < 4.78 is 92.5. The summed E-state index contributed by atoms with van der Waals surface area (Å²) in [5.41, 5.74) is -1.54. The zero-order valence-electron chi connectivity index (χ0n) is 25.5. The first-order chi connectivity index (χ1) is 22.3. The average Bonchev–Trinajstić information content (AvgIpc) is 3.04. The van der Waals surface area contributed by atoms with Crippen LogP contribution in [-0.2, 0) is 28.2 Å². The second-order valence-electron chi connectivity index (χ2n) is 11.0. The van der Waals surface area contributed by atoms with Gasteiger partial charge in [-0.1, -0.05) is 6.92 Å². The zero-order valence-corrected chi connectivity index (χ0v) is 25.5. The molecule has 1 aromatic carbocycles. The van der Waals surface area contributed by atoms with Gasteiger partial charge in [0.25, 0.3) is 0 Å². The predicted molar refractivity (Wildman–Crippen MR) is 158 cm³/mol. The lowest BCUT2D eigenvalue weighted by Crippen LogP contribution is -2.46. The lowest BCUT2D eigenvalue weighted by Gasteiger charge is -2.39. The van der Waals surface area contributed by atoms with Crippen molar-refractivity contribution in [1.29, 1.82) is 5.26 Å². The van der Waals surface area contributed by atoms with Gasteiger partial charge in [0, 0.05) is 25.6 Å². The van der Waals surface area contributed by atoms with E-state index in [-0.39, 0.29) is 48.0 Å². The van der Waals surface area contributed by atoms with Gasteiger partial charge in [-0.2, -0.15) is 31.6 Å². The molecular weight excluding hydrogens is 632 g/mol. The van der Waals surface area contributed by atoms with Crippen LogP contribution in [0.15, 0.2) is 36.5 Å². The Morgan fingerprint density at radius 1 is 1.04 bits per heavy atom. The van der Waals surface area contributed by atoms with E-state index in [1.54, 1.807) is 13.0 Å². The summed E-state index contributed by atoms with van der Waals surface area (Å²) in [7, 11) is 0. The highest BCUT2D eigenvalue weighted by Gasteiger charge is 2.39. The number of nitriles is 1. The lowest BCUT2D eigenvalue weighted by atomic mass is 9.93. The Hall–Kier alpha value is -4.65. The van der Waals surface area contributed by atoms with Crippen LogP contribution in [-0.4, -0.2) is 60.0 Å². The smallest absolute Gasteiger partial charge is 0.416 e. The standard InChI is InChI=1S/C31H31F6N7O3/c1-3-22-15-24(27-25(6-5-21(16-38)40-27)44(22)29(45)47-4-2)42-28-39-17-26(43-7-9-46-10-8-43)23(41-28)13-18-11-19(30(32,33)34)14-20(12-18)31(35,36)37/h5-6,11-12,14,17,22,24H,3-4,7-10,13,15H2,1-2H3,(H,39,41,42)/t22-,24+/m1/s1. The van der Waals surface area contributed by atoms with Gasteiger partial charge in [-0.05, 0) is 55.7 Å². The van der Waals surface area contributed by atoms with Crippen molar-refractivity contribution in [2.75, 3.05) is 48.0 Å². The molecule has 16 heteroatoms. The maximum atomic E-state index is 13.6. The molecule has 250 valence electrons. The molecular formula is C31H31F6N7O3. The molecule has 1 amide bonds. The number of alkyl halides is 6. The van der Waals surface area contributed by atoms with E-state index >= 15 is 0 Å². The minimum atomic E-state index is -5.00. The molecule has 47 heavy (non-hydrogen) atoms. The Kier molecular flexibility index (Phi) is 9.76. The van der Waals surface area contributed by atoms with Crippen molar-refractivity contribution in [1.82, 2.24) is 15.0 Å². The molecule has 1 saturated heterocycles. The third-order valence-corrected chi connectivity index (χ3v) is 7.94. The summed E-state index contributed by atoms with van der Waals surface area (Å²) >= 11 is 0. The number of nitrogens with zero attached hydrogens (tertiary/aromatic N) is 6. The normalized spacial score (nSPS) is 18.4. The van der Waals surface area contributed by atoms with Crippen LogP contribution in [0.25, 0.3) is 0 Å². The average molecular weight is 664 g/mol. The second kappa shape index (κ2) is 13.6. The third-order valence-electron chi connectivity index (χ3n) is 7.94. The Bertz CT molecular complexity index is 1620. The number of hydrogen-bond donors (Lipinski definition) is 1. The van der Waals surface area contributed by atoms with Gasteiger partial charge in [0.2, 0.25) is 5.95 Å². The van der Waals surface area contributed by atoms with Crippen LogP contribution < -0.4 is 15.1 Å². The fourth-order valence-electron chi connectivity index (χ4n) is 5.74. The molecule has 0 radical (unpaired) electrons. The van der Waals surface area contributed by atoms with Gasteiger partial charge < -0.3 is 19.7 Å². The lowest BCUT2D eigenvalue weighted by molar-refractivity contribution is -0.143. The monoisotopic (exact) mass is 663 g/mol. The summed E-state index contributed by atoms with van der Waals surface area (Å²) in [6.07, 6.45) is -8.61. The number of nitrogens with one attached hydrogen (secondary N) is 1. The van der Waals surface area contributed by atoms with Gasteiger partial charge in [-0.25, -0.2) is 19.7 Å². The molecule has 1 N–H and O–H groups in total. The maximum absolute atomic E-state index is 13.6. The fraction of sp³-hybridized carbons (Fsp3) is 0.452. The number of morpholine rings is 1. The third kappa shape index (κ3) is 7.51. The van der Waals surface area contributed by atoms with E-state index in [1.807, 2.05) is 17.9 Å². The Labute approximate surface area is 266 Å². The Morgan fingerprint density at radius 3 is 2.32 bits per heavy atom. The van der Waals surface area contributed by atoms with E-state index in [4.69, 9.17) is 9.47 Å². The van der Waals surface area contributed by atoms with Gasteiger partial charge in [0.1, 0.15) is 11.8 Å². The minimum absolute atomic E-state index is 0.0413. The number of anilines is 3. The van der Waals surface area contributed by atoms with E-state index in [0.29, 0.717) is 68.3 Å². The summed E-state index contributed by atoms with van der Waals surface area (Å²) in [6.45, 7) is 5.28. The molecule has 0 spiro atoms. The van der Waals surface area contributed by atoms with Crippen molar-refractivity contribution in [3.05, 3.63) is 70.3 Å². The quantitative estimate of drug-likeness (QED) is 0.283. The van der Waals surface area contributed by atoms with Crippen LogP contribution in [0.1, 0.15) is 66.5 Å². The molecule has 1 fully saturated rings. The van der Waals surface area contributed by atoms with Crippen molar-refractivity contribution in [3.63, 3.8) is 0 Å². The van der Waals surface area contributed by atoms with Gasteiger partial charge in [-0.3, -0.25) is 4.90 Å². The Balaban J connectivity index is 1.56. The highest BCUT2D eigenvalue weighted by Crippen LogP contribution is 2.40. The number of halogens is 6. The molecule has 2 aromatic heterocycles. The number of pyridine rings is 1. The largest absolute Gasteiger partial charge is 0.449 e. The highest BCUT2D eigenvalue weighted by atomic mass is 19.4. The number of carbonyl (C=O) groups is 1. The van der Waals surface area contributed by atoms with E-state index in [9.17, 15) is 36.4 Å². The highest BCUT2D eigenvalue weighted by molar-refractivity contribution is 5.90. The molecule has 0 bridgehead atoms.